The molecule has 0 spiro atoms. The van der Waals surface area contributed by atoms with E-state index in [9.17, 15) is 9.59 Å². The van der Waals surface area contributed by atoms with Crippen molar-refractivity contribution in [3.8, 4) is 0 Å². The highest BCUT2D eigenvalue weighted by atomic mass is 16.2. The van der Waals surface area contributed by atoms with E-state index in [2.05, 4.69) is 14.7 Å². The molecule has 2 aliphatic carbocycles. The minimum Gasteiger partial charge on any atom is -0.341 e. The van der Waals surface area contributed by atoms with Crippen LogP contribution in [0.2, 0.25) is 0 Å². The van der Waals surface area contributed by atoms with Crippen LogP contribution in [0.3, 0.4) is 0 Å². The highest BCUT2D eigenvalue weighted by molar-refractivity contribution is 5.82. The SMILES string of the molecule is O=C(C1CCCCC1)N1CCN(C(C(=O)N2CCCCC2)C2CCCC2)CC1. The third-order valence-electron chi connectivity index (χ3n) is 7.74. The van der Waals surface area contributed by atoms with Crippen molar-refractivity contribution in [2.24, 2.45) is 11.8 Å². The van der Waals surface area contributed by atoms with E-state index < -0.39 is 0 Å². The molecule has 4 fully saturated rings. The summed E-state index contributed by atoms with van der Waals surface area (Å²) in [6.45, 7) is 5.26. The quantitative estimate of drug-likeness (QED) is 0.741. The zero-order chi connectivity index (χ0) is 19.3. The molecule has 2 amide bonds. The first-order valence-corrected chi connectivity index (χ1v) is 12.1. The van der Waals surface area contributed by atoms with Gasteiger partial charge in [0.2, 0.25) is 11.8 Å². The van der Waals surface area contributed by atoms with Crippen LogP contribution in [-0.2, 0) is 9.59 Å². The summed E-state index contributed by atoms with van der Waals surface area (Å²) in [4.78, 5) is 33.0. The van der Waals surface area contributed by atoms with Crippen LogP contribution >= 0.6 is 0 Å². The number of piperazine rings is 1. The highest BCUT2D eigenvalue weighted by Gasteiger charge is 2.40. The molecule has 158 valence electrons. The van der Waals surface area contributed by atoms with E-state index >= 15 is 0 Å². The maximum absolute atomic E-state index is 13.5. The lowest BCUT2D eigenvalue weighted by molar-refractivity contribution is -0.143. The van der Waals surface area contributed by atoms with Gasteiger partial charge in [0, 0.05) is 45.2 Å². The summed E-state index contributed by atoms with van der Waals surface area (Å²) in [5.74, 6) is 1.56. The van der Waals surface area contributed by atoms with Crippen LogP contribution in [0.1, 0.15) is 77.0 Å². The largest absolute Gasteiger partial charge is 0.341 e. The fraction of sp³-hybridized carbons (Fsp3) is 0.913. The highest BCUT2D eigenvalue weighted by Crippen LogP contribution is 2.33. The van der Waals surface area contributed by atoms with Gasteiger partial charge in [0.25, 0.3) is 0 Å². The molecule has 4 aliphatic rings. The number of hydrogen-bond donors (Lipinski definition) is 0. The molecular formula is C23H39N3O2. The second-order valence-electron chi connectivity index (χ2n) is 9.57. The molecule has 0 aromatic rings. The zero-order valence-electron chi connectivity index (χ0n) is 17.6. The van der Waals surface area contributed by atoms with Crippen molar-refractivity contribution in [2.45, 2.75) is 83.1 Å². The first-order chi connectivity index (χ1) is 13.7. The maximum Gasteiger partial charge on any atom is 0.240 e. The third kappa shape index (κ3) is 4.55. The zero-order valence-corrected chi connectivity index (χ0v) is 17.6. The second kappa shape index (κ2) is 9.60. The third-order valence-corrected chi connectivity index (χ3v) is 7.74. The molecular weight excluding hydrogens is 350 g/mol. The van der Waals surface area contributed by atoms with Gasteiger partial charge in [-0.1, -0.05) is 32.1 Å². The number of likely N-dealkylation sites (tertiary alicyclic amines) is 1. The number of hydrogen-bond acceptors (Lipinski definition) is 3. The number of rotatable bonds is 4. The van der Waals surface area contributed by atoms with Crippen molar-refractivity contribution < 1.29 is 9.59 Å². The van der Waals surface area contributed by atoms with Gasteiger partial charge < -0.3 is 9.80 Å². The Morgan fingerprint density at radius 3 is 1.82 bits per heavy atom. The van der Waals surface area contributed by atoms with Gasteiger partial charge in [0.15, 0.2) is 0 Å². The smallest absolute Gasteiger partial charge is 0.240 e. The van der Waals surface area contributed by atoms with Crippen molar-refractivity contribution in [3.05, 3.63) is 0 Å². The molecule has 5 heteroatoms. The summed E-state index contributed by atoms with van der Waals surface area (Å²) < 4.78 is 0. The Balaban J connectivity index is 1.37. The normalized spacial score (nSPS) is 27.1. The fourth-order valence-electron chi connectivity index (χ4n) is 6.06. The molecule has 0 aromatic heterocycles. The molecule has 0 aromatic carbocycles. The number of amides is 2. The van der Waals surface area contributed by atoms with Crippen LogP contribution in [0, 0.1) is 11.8 Å². The Labute approximate surface area is 170 Å². The van der Waals surface area contributed by atoms with Crippen LogP contribution in [0.5, 0.6) is 0 Å². The molecule has 0 radical (unpaired) electrons. The van der Waals surface area contributed by atoms with E-state index in [0.29, 0.717) is 17.7 Å². The minimum atomic E-state index is 0.0625. The second-order valence-corrected chi connectivity index (χ2v) is 9.57. The molecule has 1 atom stereocenters. The van der Waals surface area contributed by atoms with Gasteiger partial charge in [0.05, 0.1) is 6.04 Å². The first kappa shape index (κ1) is 20.2. The number of piperidine rings is 1. The Morgan fingerprint density at radius 2 is 1.18 bits per heavy atom. The van der Waals surface area contributed by atoms with Crippen molar-refractivity contribution >= 4 is 11.8 Å². The molecule has 0 N–H and O–H groups in total. The van der Waals surface area contributed by atoms with Gasteiger partial charge in [-0.2, -0.15) is 0 Å². The molecule has 4 rings (SSSR count). The minimum absolute atomic E-state index is 0.0625. The van der Waals surface area contributed by atoms with Crippen LogP contribution < -0.4 is 0 Å². The molecule has 5 nitrogen and oxygen atoms in total. The van der Waals surface area contributed by atoms with E-state index in [4.69, 9.17) is 0 Å². The van der Waals surface area contributed by atoms with Crippen molar-refractivity contribution in [3.63, 3.8) is 0 Å². The van der Waals surface area contributed by atoms with Gasteiger partial charge in [-0.05, 0) is 50.9 Å². The number of carbonyl (C=O) groups excluding carboxylic acids is 2. The Kier molecular flexibility index (Phi) is 6.92. The van der Waals surface area contributed by atoms with Crippen molar-refractivity contribution in [1.29, 1.82) is 0 Å². The summed E-state index contributed by atoms with van der Waals surface area (Å²) in [5.41, 5.74) is 0. The first-order valence-electron chi connectivity index (χ1n) is 12.1. The van der Waals surface area contributed by atoms with E-state index in [1.165, 1.54) is 51.4 Å². The summed E-state index contributed by atoms with van der Waals surface area (Å²) in [5, 5.41) is 0. The summed E-state index contributed by atoms with van der Waals surface area (Å²) in [7, 11) is 0. The van der Waals surface area contributed by atoms with E-state index in [0.717, 1.165) is 65.0 Å². The molecule has 28 heavy (non-hydrogen) atoms. The standard InChI is InChI=1S/C23H39N3O2/c27-22(20-11-3-1-4-12-20)26-17-15-24(16-18-26)21(19-9-5-6-10-19)23(28)25-13-7-2-8-14-25/h19-21H,1-18H2. The van der Waals surface area contributed by atoms with E-state index in [1.807, 2.05) is 0 Å². The number of nitrogens with zero attached hydrogens (tertiary/aromatic N) is 3. The summed E-state index contributed by atoms with van der Waals surface area (Å²) in [6, 6.07) is 0.0625. The van der Waals surface area contributed by atoms with Gasteiger partial charge in [-0.15, -0.1) is 0 Å². The Morgan fingerprint density at radius 1 is 0.607 bits per heavy atom. The monoisotopic (exact) mass is 389 g/mol. The van der Waals surface area contributed by atoms with Crippen molar-refractivity contribution in [1.82, 2.24) is 14.7 Å². The molecule has 2 heterocycles. The van der Waals surface area contributed by atoms with Gasteiger partial charge in [0.1, 0.15) is 0 Å². The van der Waals surface area contributed by atoms with Gasteiger partial charge in [-0.3, -0.25) is 14.5 Å². The lowest BCUT2D eigenvalue weighted by Crippen LogP contribution is -2.59. The Bertz CT molecular complexity index is 526. The lowest BCUT2D eigenvalue weighted by Gasteiger charge is -2.43. The van der Waals surface area contributed by atoms with Crippen LogP contribution in [0.15, 0.2) is 0 Å². The summed E-state index contributed by atoms with van der Waals surface area (Å²) >= 11 is 0. The van der Waals surface area contributed by atoms with Crippen LogP contribution in [0.25, 0.3) is 0 Å². The predicted molar refractivity (Wildman–Crippen MR) is 111 cm³/mol. The van der Waals surface area contributed by atoms with Crippen molar-refractivity contribution in [2.75, 3.05) is 39.3 Å². The van der Waals surface area contributed by atoms with E-state index in [-0.39, 0.29) is 12.0 Å². The van der Waals surface area contributed by atoms with Crippen LogP contribution in [-0.4, -0.2) is 71.8 Å². The predicted octanol–water partition coefficient (Wildman–Crippen LogP) is 3.28. The molecule has 2 saturated heterocycles. The molecule has 0 bridgehead atoms. The molecule has 2 saturated carbocycles. The Hall–Kier alpha value is -1.10. The number of carbonyl (C=O) groups is 2. The fourth-order valence-corrected chi connectivity index (χ4v) is 6.06. The maximum atomic E-state index is 13.5. The van der Waals surface area contributed by atoms with Gasteiger partial charge in [-0.25, -0.2) is 0 Å². The lowest BCUT2D eigenvalue weighted by atomic mass is 9.88. The molecule has 1 unspecified atom stereocenters. The average molecular weight is 390 g/mol. The topological polar surface area (TPSA) is 43.9 Å². The van der Waals surface area contributed by atoms with E-state index in [1.54, 1.807) is 0 Å². The molecule has 2 aliphatic heterocycles. The van der Waals surface area contributed by atoms with Gasteiger partial charge >= 0.3 is 0 Å². The van der Waals surface area contributed by atoms with Crippen LogP contribution in [0.4, 0.5) is 0 Å². The summed E-state index contributed by atoms with van der Waals surface area (Å²) in [6.07, 6.45) is 14.4. The average Bonchev–Trinajstić information content (AvgIpc) is 3.29.